The van der Waals surface area contributed by atoms with Gasteiger partial charge >= 0.3 is 0 Å². The highest BCUT2D eigenvalue weighted by molar-refractivity contribution is 6.28. The van der Waals surface area contributed by atoms with Gasteiger partial charge in [-0.2, -0.15) is 10.1 Å². The monoisotopic (exact) mass is 277 g/mol. The number of rotatable bonds is 2. The first-order valence-corrected chi connectivity index (χ1v) is 5.91. The highest BCUT2D eigenvalue weighted by Crippen LogP contribution is 2.23. The number of halogens is 2. The number of hydrogen-bond donors (Lipinski definition) is 2. The maximum absolute atomic E-state index is 13.5. The van der Waals surface area contributed by atoms with E-state index in [2.05, 4.69) is 25.5 Å². The van der Waals surface area contributed by atoms with Crippen molar-refractivity contribution in [3.05, 3.63) is 41.2 Å². The second-order valence-corrected chi connectivity index (χ2v) is 4.37. The lowest BCUT2D eigenvalue weighted by Crippen LogP contribution is -1.98. The van der Waals surface area contributed by atoms with Crippen LogP contribution in [0.15, 0.2) is 24.4 Å². The maximum Gasteiger partial charge on any atom is 0.224 e. The molecule has 0 aliphatic heterocycles. The molecule has 2 heterocycles. The first-order chi connectivity index (χ1) is 9.13. The van der Waals surface area contributed by atoms with Gasteiger partial charge in [0.15, 0.2) is 11.6 Å². The van der Waals surface area contributed by atoms with Gasteiger partial charge in [0.2, 0.25) is 5.28 Å². The Kier molecular flexibility index (Phi) is 2.79. The number of aryl methyl sites for hydroxylation is 1. The Balaban J connectivity index is 1.98. The molecule has 0 saturated carbocycles. The topological polar surface area (TPSA) is 66.5 Å². The van der Waals surface area contributed by atoms with Crippen molar-refractivity contribution in [3.8, 4) is 0 Å². The number of nitrogens with one attached hydrogen (secondary N) is 2. The number of benzene rings is 1. The summed E-state index contributed by atoms with van der Waals surface area (Å²) in [5.41, 5.74) is 2.46. The molecule has 5 nitrogen and oxygen atoms in total. The fourth-order valence-corrected chi connectivity index (χ4v) is 1.94. The predicted molar refractivity (Wildman–Crippen MR) is 71.1 cm³/mol. The van der Waals surface area contributed by atoms with Gasteiger partial charge in [-0.05, 0) is 36.7 Å². The molecule has 0 spiro atoms. The van der Waals surface area contributed by atoms with Crippen molar-refractivity contribution in [2.75, 3.05) is 5.32 Å². The first-order valence-electron chi connectivity index (χ1n) is 5.53. The summed E-state index contributed by atoms with van der Waals surface area (Å²) < 4.78 is 13.5. The number of fused-ring (bicyclic) bond motifs is 1. The molecule has 1 aromatic carbocycles. The maximum atomic E-state index is 13.5. The van der Waals surface area contributed by atoms with Crippen LogP contribution < -0.4 is 5.32 Å². The van der Waals surface area contributed by atoms with Gasteiger partial charge in [-0.1, -0.05) is 0 Å². The van der Waals surface area contributed by atoms with Crippen LogP contribution in [0.4, 0.5) is 15.9 Å². The Labute approximate surface area is 112 Å². The lowest BCUT2D eigenvalue weighted by atomic mass is 10.2. The summed E-state index contributed by atoms with van der Waals surface area (Å²) in [5.74, 6) is -0.527. The molecule has 0 fully saturated rings. The van der Waals surface area contributed by atoms with Crippen LogP contribution in [0.1, 0.15) is 5.69 Å². The molecule has 0 aliphatic carbocycles. The smallest absolute Gasteiger partial charge is 0.224 e. The van der Waals surface area contributed by atoms with Crippen molar-refractivity contribution in [3.63, 3.8) is 0 Å². The molecule has 2 aromatic heterocycles. The normalized spacial score (nSPS) is 10.9. The molecule has 0 saturated heterocycles. The van der Waals surface area contributed by atoms with E-state index in [0.717, 1.165) is 22.8 Å². The van der Waals surface area contributed by atoms with Crippen LogP contribution in [-0.4, -0.2) is 20.2 Å². The number of anilines is 2. The molecule has 3 rings (SSSR count). The molecular weight excluding hydrogens is 269 g/mol. The zero-order valence-electron chi connectivity index (χ0n) is 9.91. The molecule has 19 heavy (non-hydrogen) atoms. The average Bonchev–Trinajstić information content (AvgIpc) is 2.75. The first kappa shape index (κ1) is 11.9. The Morgan fingerprint density at radius 2 is 2.21 bits per heavy atom. The van der Waals surface area contributed by atoms with Crippen LogP contribution in [0.3, 0.4) is 0 Å². The van der Waals surface area contributed by atoms with Gasteiger partial charge < -0.3 is 5.32 Å². The van der Waals surface area contributed by atoms with E-state index in [9.17, 15) is 4.39 Å². The van der Waals surface area contributed by atoms with E-state index in [1.807, 2.05) is 25.1 Å². The van der Waals surface area contributed by atoms with Crippen molar-refractivity contribution in [2.45, 2.75) is 6.92 Å². The van der Waals surface area contributed by atoms with Crippen molar-refractivity contribution in [1.82, 2.24) is 20.2 Å². The van der Waals surface area contributed by atoms with Crippen LogP contribution in [0.2, 0.25) is 5.28 Å². The van der Waals surface area contributed by atoms with Crippen LogP contribution in [0.5, 0.6) is 0 Å². The molecule has 0 aliphatic rings. The third-order valence-electron chi connectivity index (χ3n) is 2.73. The van der Waals surface area contributed by atoms with Gasteiger partial charge in [-0.3, -0.25) is 5.10 Å². The van der Waals surface area contributed by atoms with Gasteiger partial charge in [0.05, 0.1) is 17.4 Å². The van der Waals surface area contributed by atoms with Gasteiger partial charge in [-0.25, -0.2) is 9.37 Å². The highest BCUT2D eigenvalue weighted by Gasteiger charge is 2.07. The fourth-order valence-electron chi connectivity index (χ4n) is 1.80. The molecule has 0 atom stereocenters. The van der Waals surface area contributed by atoms with E-state index >= 15 is 0 Å². The molecule has 0 amide bonds. The lowest BCUT2D eigenvalue weighted by molar-refractivity contribution is 0.619. The van der Waals surface area contributed by atoms with E-state index < -0.39 is 5.82 Å². The van der Waals surface area contributed by atoms with Crippen LogP contribution in [0.25, 0.3) is 10.9 Å². The summed E-state index contributed by atoms with van der Waals surface area (Å²) in [7, 11) is 0. The number of aromatic amines is 1. The Morgan fingerprint density at radius 1 is 1.37 bits per heavy atom. The summed E-state index contributed by atoms with van der Waals surface area (Å²) in [6.45, 7) is 1.91. The van der Waals surface area contributed by atoms with E-state index in [-0.39, 0.29) is 11.1 Å². The molecule has 96 valence electrons. The number of hydrogen-bond acceptors (Lipinski definition) is 4. The number of H-pyrrole nitrogens is 1. The van der Waals surface area contributed by atoms with Crippen LogP contribution >= 0.6 is 11.6 Å². The second-order valence-electron chi connectivity index (χ2n) is 4.03. The minimum absolute atomic E-state index is 0.0117. The van der Waals surface area contributed by atoms with E-state index in [0.29, 0.717) is 5.69 Å². The third-order valence-corrected chi connectivity index (χ3v) is 2.91. The van der Waals surface area contributed by atoms with Crippen LogP contribution in [-0.2, 0) is 0 Å². The quantitative estimate of drug-likeness (QED) is 0.706. The minimum atomic E-state index is -0.565. The highest BCUT2D eigenvalue weighted by atomic mass is 35.5. The molecule has 0 bridgehead atoms. The van der Waals surface area contributed by atoms with Crippen molar-refractivity contribution in [2.24, 2.45) is 0 Å². The Hall–Kier alpha value is -2.21. The lowest BCUT2D eigenvalue weighted by Gasteiger charge is -2.06. The standard InChI is InChI=1S/C12H9ClFN5/c1-6-8-3-2-7(4-10(8)19-18-6)16-11-9(14)5-15-12(13)17-11/h2-5H,1H3,(H,18,19)(H,15,16,17). The average molecular weight is 278 g/mol. The zero-order chi connectivity index (χ0) is 13.4. The third kappa shape index (κ3) is 2.22. The van der Waals surface area contributed by atoms with E-state index in [1.165, 1.54) is 0 Å². The van der Waals surface area contributed by atoms with Gasteiger partial charge in [-0.15, -0.1) is 0 Å². The molecule has 0 radical (unpaired) electrons. The summed E-state index contributed by atoms with van der Waals surface area (Å²) in [6.07, 6.45) is 1.02. The van der Waals surface area contributed by atoms with E-state index in [1.54, 1.807) is 0 Å². The molecule has 3 aromatic rings. The SMILES string of the molecule is Cc1n[nH]c2cc(Nc3nc(Cl)ncc3F)ccc12. The van der Waals surface area contributed by atoms with Gasteiger partial charge in [0.1, 0.15) is 0 Å². The minimum Gasteiger partial charge on any atom is -0.338 e. The summed E-state index contributed by atoms with van der Waals surface area (Å²) >= 11 is 5.64. The molecule has 7 heteroatoms. The summed E-state index contributed by atoms with van der Waals surface area (Å²) in [5, 5.41) is 10.9. The fraction of sp³-hybridized carbons (Fsp3) is 0.0833. The van der Waals surface area contributed by atoms with Gasteiger partial charge in [0, 0.05) is 11.1 Å². The van der Waals surface area contributed by atoms with Crippen LogP contribution in [0, 0.1) is 12.7 Å². The largest absolute Gasteiger partial charge is 0.338 e. The zero-order valence-corrected chi connectivity index (χ0v) is 10.7. The summed E-state index contributed by atoms with van der Waals surface area (Å²) in [6, 6.07) is 5.54. The number of aromatic nitrogens is 4. The second kappa shape index (κ2) is 4.47. The molecular formula is C12H9ClFN5. The Bertz CT molecular complexity index is 755. The number of nitrogens with zero attached hydrogens (tertiary/aromatic N) is 3. The van der Waals surface area contributed by atoms with Crippen molar-refractivity contribution >= 4 is 34.0 Å². The summed E-state index contributed by atoms with van der Waals surface area (Å²) in [4.78, 5) is 7.35. The van der Waals surface area contributed by atoms with Crippen molar-refractivity contribution in [1.29, 1.82) is 0 Å². The molecule has 0 unspecified atom stereocenters. The molecule has 2 N–H and O–H groups in total. The van der Waals surface area contributed by atoms with Gasteiger partial charge in [0.25, 0.3) is 0 Å². The van der Waals surface area contributed by atoms with Crippen molar-refractivity contribution < 1.29 is 4.39 Å². The Morgan fingerprint density at radius 3 is 3.05 bits per heavy atom. The van der Waals surface area contributed by atoms with E-state index in [4.69, 9.17) is 11.6 Å². The predicted octanol–water partition coefficient (Wildman–Crippen LogP) is 3.20.